The first-order valence-corrected chi connectivity index (χ1v) is 7.44. The van der Waals surface area contributed by atoms with Crippen LogP contribution in [0.1, 0.15) is 16.1 Å². The van der Waals surface area contributed by atoms with E-state index in [1.165, 1.54) is 16.3 Å². The van der Waals surface area contributed by atoms with Crippen molar-refractivity contribution in [3.05, 3.63) is 51.9 Å². The highest BCUT2D eigenvalue weighted by Gasteiger charge is 2.23. The van der Waals surface area contributed by atoms with E-state index in [4.69, 9.17) is 0 Å². The number of aromatic hydroxyl groups is 1. The highest BCUT2D eigenvalue weighted by molar-refractivity contribution is 7.99. The van der Waals surface area contributed by atoms with E-state index in [0.717, 1.165) is 11.3 Å². The van der Waals surface area contributed by atoms with Gasteiger partial charge in [0.1, 0.15) is 0 Å². The second-order valence-corrected chi connectivity index (χ2v) is 5.63. The highest BCUT2D eigenvalue weighted by atomic mass is 32.2. The van der Waals surface area contributed by atoms with Crippen molar-refractivity contribution in [2.45, 2.75) is 18.2 Å². The number of fused-ring (bicyclic) bond motifs is 1. The minimum Gasteiger partial charge on any atom is -0.501 e. The van der Waals surface area contributed by atoms with E-state index in [1.54, 1.807) is 0 Å². The maximum absolute atomic E-state index is 12.1. The van der Waals surface area contributed by atoms with Crippen molar-refractivity contribution in [1.29, 1.82) is 0 Å². The Bertz CT molecular complexity index is 743. The van der Waals surface area contributed by atoms with Gasteiger partial charge in [0.2, 0.25) is 5.75 Å². The minimum atomic E-state index is -0.591. The number of rotatable bonds is 3. The quantitative estimate of drug-likeness (QED) is 0.826. The predicted molar refractivity (Wildman–Crippen MR) is 78.5 cm³/mol. The van der Waals surface area contributed by atoms with E-state index >= 15 is 0 Å². The van der Waals surface area contributed by atoms with Crippen LogP contribution < -0.4 is 10.9 Å². The number of aromatic nitrogens is 2. The van der Waals surface area contributed by atoms with E-state index in [-0.39, 0.29) is 5.69 Å². The number of nitrogens with zero attached hydrogens (tertiary/aromatic N) is 2. The van der Waals surface area contributed by atoms with Crippen molar-refractivity contribution < 1.29 is 9.90 Å². The molecule has 108 valence electrons. The van der Waals surface area contributed by atoms with Gasteiger partial charge in [0, 0.05) is 18.8 Å². The van der Waals surface area contributed by atoms with E-state index < -0.39 is 17.2 Å². The molecule has 0 saturated heterocycles. The number of benzene rings is 1. The summed E-state index contributed by atoms with van der Waals surface area (Å²) in [6.07, 6.45) is 0. The molecule has 3 rings (SSSR count). The summed E-state index contributed by atoms with van der Waals surface area (Å²) in [4.78, 5) is 28.1. The topological polar surface area (TPSA) is 84.2 Å². The molecule has 0 bridgehead atoms. The lowest BCUT2D eigenvalue weighted by Crippen LogP contribution is -2.29. The van der Waals surface area contributed by atoms with Crippen LogP contribution in [0.5, 0.6) is 5.75 Å². The zero-order valence-corrected chi connectivity index (χ0v) is 11.9. The Morgan fingerprint density at radius 1 is 1.38 bits per heavy atom. The van der Waals surface area contributed by atoms with Gasteiger partial charge in [-0.2, -0.15) is 0 Å². The van der Waals surface area contributed by atoms with Crippen LogP contribution in [0.3, 0.4) is 0 Å². The number of thioether (sulfide) groups is 1. The molecule has 21 heavy (non-hydrogen) atoms. The van der Waals surface area contributed by atoms with Crippen LogP contribution in [0, 0.1) is 0 Å². The molecule has 7 heteroatoms. The lowest BCUT2D eigenvalue weighted by molar-refractivity contribution is 0.0941. The lowest BCUT2D eigenvalue weighted by Gasteiger charge is -2.08. The molecule has 0 atom stereocenters. The fourth-order valence-electron chi connectivity index (χ4n) is 2.08. The summed E-state index contributed by atoms with van der Waals surface area (Å²) < 4.78 is 1.38. The molecule has 6 nitrogen and oxygen atoms in total. The van der Waals surface area contributed by atoms with Crippen molar-refractivity contribution >= 4 is 17.7 Å². The molecule has 0 aliphatic carbocycles. The first-order chi connectivity index (χ1) is 10.2. The first-order valence-electron chi connectivity index (χ1n) is 6.45. The third-order valence-corrected chi connectivity index (χ3v) is 4.12. The summed E-state index contributed by atoms with van der Waals surface area (Å²) in [5.74, 6) is -0.423. The molecule has 1 aromatic heterocycles. The number of carbonyl (C=O) groups excluding carboxylic acids is 1. The van der Waals surface area contributed by atoms with Crippen LogP contribution >= 0.6 is 11.8 Å². The largest absolute Gasteiger partial charge is 0.501 e. The molecule has 2 heterocycles. The van der Waals surface area contributed by atoms with E-state index in [2.05, 4.69) is 10.3 Å². The average Bonchev–Trinajstić information content (AvgIpc) is 2.98. The standard InChI is InChI=1S/C14H13N3O3S/c18-11-10(16-14-17(13(11)20)6-7-21-14)12(19)15-8-9-4-2-1-3-5-9/h1-5,18H,6-8H2,(H,15,19). The molecule has 0 saturated carbocycles. The van der Waals surface area contributed by atoms with Gasteiger partial charge in [-0.1, -0.05) is 42.1 Å². The predicted octanol–water partition coefficient (Wildman–Crippen LogP) is 0.985. The Kier molecular flexibility index (Phi) is 3.66. The summed E-state index contributed by atoms with van der Waals surface area (Å²) in [6, 6.07) is 9.38. The van der Waals surface area contributed by atoms with Crippen molar-refractivity contribution in [3.63, 3.8) is 0 Å². The minimum absolute atomic E-state index is 0.211. The Morgan fingerprint density at radius 3 is 2.90 bits per heavy atom. The Morgan fingerprint density at radius 2 is 2.14 bits per heavy atom. The maximum atomic E-state index is 12.1. The second kappa shape index (κ2) is 5.61. The summed E-state index contributed by atoms with van der Waals surface area (Å²) in [7, 11) is 0. The van der Waals surface area contributed by atoms with Crippen molar-refractivity contribution in [1.82, 2.24) is 14.9 Å². The van der Waals surface area contributed by atoms with Crippen LogP contribution in [-0.4, -0.2) is 26.3 Å². The summed E-state index contributed by atoms with van der Waals surface area (Å²) in [5.41, 5.74) is 0.157. The number of amides is 1. The van der Waals surface area contributed by atoms with Crippen LogP contribution in [-0.2, 0) is 13.1 Å². The van der Waals surface area contributed by atoms with Gasteiger partial charge < -0.3 is 10.4 Å². The van der Waals surface area contributed by atoms with Crippen LogP contribution in [0.15, 0.2) is 40.3 Å². The van der Waals surface area contributed by atoms with Crippen molar-refractivity contribution in [2.75, 3.05) is 5.75 Å². The molecule has 0 unspecified atom stereocenters. The van der Waals surface area contributed by atoms with Gasteiger partial charge in [0.25, 0.3) is 11.5 Å². The van der Waals surface area contributed by atoms with Crippen molar-refractivity contribution in [3.8, 4) is 5.75 Å². The maximum Gasteiger partial charge on any atom is 0.297 e. The second-order valence-electron chi connectivity index (χ2n) is 4.57. The van der Waals surface area contributed by atoms with Crippen LogP contribution in [0.25, 0.3) is 0 Å². The van der Waals surface area contributed by atoms with Gasteiger partial charge in [-0.05, 0) is 5.56 Å². The molecule has 1 aromatic carbocycles. The molecule has 1 aliphatic heterocycles. The molecule has 2 aromatic rings. The molecule has 1 amide bonds. The van der Waals surface area contributed by atoms with E-state index in [9.17, 15) is 14.7 Å². The molecule has 0 fully saturated rings. The van der Waals surface area contributed by atoms with Gasteiger partial charge in [-0.15, -0.1) is 0 Å². The number of hydrogen-bond donors (Lipinski definition) is 2. The first kappa shape index (κ1) is 13.7. The summed E-state index contributed by atoms with van der Waals surface area (Å²) >= 11 is 1.40. The molecule has 2 N–H and O–H groups in total. The third kappa shape index (κ3) is 2.64. The highest BCUT2D eigenvalue weighted by Crippen LogP contribution is 2.23. The van der Waals surface area contributed by atoms with Gasteiger partial charge in [-0.3, -0.25) is 14.2 Å². The molecule has 1 aliphatic rings. The van der Waals surface area contributed by atoms with Gasteiger partial charge in [-0.25, -0.2) is 4.98 Å². The smallest absolute Gasteiger partial charge is 0.297 e. The average molecular weight is 303 g/mol. The van der Waals surface area contributed by atoms with Gasteiger partial charge in [0.15, 0.2) is 10.9 Å². The van der Waals surface area contributed by atoms with E-state index in [1.807, 2.05) is 30.3 Å². The van der Waals surface area contributed by atoms with Crippen LogP contribution in [0.4, 0.5) is 0 Å². The molecule has 0 spiro atoms. The normalized spacial score (nSPS) is 13.0. The van der Waals surface area contributed by atoms with Crippen molar-refractivity contribution in [2.24, 2.45) is 0 Å². The van der Waals surface area contributed by atoms with Crippen LogP contribution in [0.2, 0.25) is 0 Å². The van der Waals surface area contributed by atoms with E-state index in [0.29, 0.717) is 18.2 Å². The third-order valence-electron chi connectivity index (χ3n) is 3.17. The Balaban J connectivity index is 1.82. The Labute approximate surface area is 124 Å². The molecule has 0 radical (unpaired) electrons. The number of carbonyl (C=O) groups is 1. The fraction of sp³-hybridized carbons (Fsp3) is 0.214. The SMILES string of the molecule is O=C(NCc1ccccc1)c1nc2n(c(=O)c1O)CCS2. The Hall–Kier alpha value is -2.28. The van der Waals surface area contributed by atoms with Gasteiger partial charge >= 0.3 is 0 Å². The number of nitrogens with one attached hydrogen (secondary N) is 1. The zero-order valence-electron chi connectivity index (χ0n) is 11.1. The zero-order chi connectivity index (χ0) is 14.8. The number of hydrogen-bond acceptors (Lipinski definition) is 5. The molecular weight excluding hydrogens is 290 g/mol. The summed E-state index contributed by atoms with van der Waals surface area (Å²) in [6.45, 7) is 0.817. The summed E-state index contributed by atoms with van der Waals surface area (Å²) in [5, 5.41) is 13.0. The lowest BCUT2D eigenvalue weighted by atomic mass is 10.2. The van der Waals surface area contributed by atoms with Gasteiger partial charge in [0.05, 0.1) is 0 Å². The monoisotopic (exact) mass is 303 g/mol. The molecular formula is C14H13N3O3S. The fourth-order valence-corrected chi connectivity index (χ4v) is 3.02.